The van der Waals surface area contributed by atoms with Crippen molar-refractivity contribution in [3.63, 3.8) is 0 Å². The van der Waals surface area contributed by atoms with Crippen molar-refractivity contribution in [3.05, 3.63) is 0 Å². The molecule has 0 aliphatic carbocycles. The smallest absolute Gasteiger partial charge is 0.285 e. The fourth-order valence-corrected chi connectivity index (χ4v) is 2.76. The summed E-state index contributed by atoms with van der Waals surface area (Å²) in [4.78, 5) is 0. The van der Waals surface area contributed by atoms with Crippen molar-refractivity contribution < 1.29 is 0 Å². The number of halogens is 1. The predicted octanol–water partition coefficient (Wildman–Crippen LogP) is 1.69. The molecule has 0 saturated heterocycles. The summed E-state index contributed by atoms with van der Waals surface area (Å²) in [5.41, 5.74) is -0.754. The highest BCUT2D eigenvalue weighted by Crippen LogP contribution is 1.94. The Morgan fingerprint density at radius 2 is 1.75 bits per heavy atom. The molecule has 0 nitrogen and oxygen atoms in total. The molecule has 0 amide bonds. The van der Waals surface area contributed by atoms with E-state index in [1.807, 2.05) is 0 Å². The lowest BCUT2D eigenvalue weighted by molar-refractivity contribution is 1.86. The van der Waals surface area contributed by atoms with Gasteiger partial charge in [-0.15, -0.1) is 17.0 Å². The Hall–Kier alpha value is 1.02. The van der Waals surface area contributed by atoms with Gasteiger partial charge in [0.25, 0.3) is 0 Å². The first kappa shape index (κ1) is 11.8. The van der Waals surface area contributed by atoms with Gasteiger partial charge in [0.15, 0.2) is 0 Å². The van der Waals surface area contributed by atoms with Gasteiger partial charge in [0.05, 0.1) is 0 Å². The lowest BCUT2D eigenvalue weighted by atomic mass is 11.4. The van der Waals surface area contributed by atoms with Gasteiger partial charge in [-0.25, -0.2) is 0 Å². The van der Waals surface area contributed by atoms with E-state index in [1.165, 1.54) is 0 Å². The molecular formula is C5H11BrMgSi. The molecule has 0 aliphatic heterocycles. The Morgan fingerprint density at radius 3 is 1.75 bits per heavy atom. The molecule has 0 heterocycles. The molecule has 0 aromatic rings. The summed E-state index contributed by atoms with van der Waals surface area (Å²) in [6.07, 6.45) is 5.16. The summed E-state index contributed by atoms with van der Waals surface area (Å²) >= 11 is -0.0733. The molecule has 44 valence electrons. The predicted molar refractivity (Wildman–Crippen MR) is 48.3 cm³/mol. The third kappa shape index (κ3) is 10.1. The third-order valence-corrected chi connectivity index (χ3v) is 5.69. The van der Waals surface area contributed by atoms with E-state index >= 15 is 0 Å². The van der Waals surface area contributed by atoms with Crippen LogP contribution in [0.15, 0.2) is 0 Å². The minimum absolute atomic E-state index is 0. The van der Waals surface area contributed by atoms with Crippen LogP contribution in [0.4, 0.5) is 0 Å². The van der Waals surface area contributed by atoms with E-state index in [1.54, 1.807) is 0 Å². The van der Waals surface area contributed by atoms with Crippen molar-refractivity contribution in [2.24, 2.45) is 0 Å². The van der Waals surface area contributed by atoms with Crippen LogP contribution in [-0.2, 0) is 0 Å². The normalized spacial score (nSPS) is 8.25. The summed E-state index contributed by atoms with van der Waals surface area (Å²) in [5, 5.41) is 0. The zero-order chi connectivity index (χ0) is 5.91. The van der Waals surface area contributed by atoms with Crippen LogP contribution >= 0.6 is 17.0 Å². The molecule has 0 aliphatic rings. The minimum atomic E-state index is -0.754. The molecule has 0 rings (SSSR count). The number of terminal acetylenes is 1. The van der Waals surface area contributed by atoms with Crippen LogP contribution in [0.1, 0.15) is 0 Å². The van der Waals surface area contributed by atoms with Crippen molar-refractivity contribution in [2.75, 3.05) is 0 Å². The summed E-state index contributed by atoms with van der Waals surface area (Å²) in [7, 11) is 0. The van der Waals surface area contributed by atoms with E-state index in [4.69, 9.17) is 6.42 Å². The first-order valence-electron chi connectivity index (χ1n) is 2.50. The molecule has 3 heteroatoms. The van der Waals surface area contributed by atoms with Gasteiger partial charge in [-0.3, -0.25) is 4.05 Å². The Balaban J connectivity index is 0. The Morgan fingerprint density at radius 1 is 1.38 bits per heavy atom. The van der Waals surface area contributed by atoms with E-state index < -0.39 is 5.72 Å². The Labute approximate surface area is 72.1 Å². The summed E-state index contributed by atoms with van der Waals surface area (Å²) in [5.74, 6) is 0. The molecule has 0 saturated carbocycles. The molecule has 0 aromatic carbocycles. The molecule has 0 atom stereocenters. The van der Waals surface area contributed by atoms with Crippen molar-refractivity contribution in [1.29, 1.82) is 0 Å². The van der Waals surface area contributed by atoms with Gasteiger partial charge in [-0.05, 0) is 5.72 Å². The quantitative estimate of drug-likeness (QED) is 0.449. The van der Waals surface area contributed by atoms with Gasteiger partial charge >= 0.3 is 19.6 Å². The standard InChI is InChI=1S/C3H9Si.C2H.BrH.Mg/c1-4(2)3;1-2;;/h1-3H3;1H;1H;. The van der Waals surface area contributed by atoms with Gasteiger partial charge < -0.3 is 0 Å². The van der Waals surface area contributed by atoms with Gasteiger partial charge in [0, 0.05) is 0 Å². The monoisotopic (exact) mass is 202 g/mol. The lowest BCUT2D eigenvalue weighted by Crippen LogP contribution is -2.28. The Kier molecular flexibility index (Phi) is 7.15. The molecule has 0 N–H and O–H groups in total. The summed E-state index contributed by atoms with van der Waals surface area (Å²) < 4.78 is 2.81. The van der Waals surface area contributed by atoms with Crippen LogP contribution in [-0.4, -0.2) is 25.3 Å². The Bertz CT molecular complexity index is 89.6. The second kappa shape index (κ2) is 4.86. The van der Waals surface area contributed by atoms with Crippen LogP contribution in [0.3, 0.4) is 0 Å². The highest BCUT2D eigenvalue weighted by atomic mass is 79.9. The highest BCUT2D eigenvalue weighted by molar-refractivity contribution is 8.93. The van der Waals surface area contributed by atoms with Crippen LogP contribution in [0.5, 0.6) is 0 Å². The van der Waals surface area contributed by atoms with Crippen molar-refractivity contribution >= 4 is 42.3 Å². The van der Waals surface area contributed by atoms with E-state index in [0.717, 1.165) is 0 Å². The van der Waals surface area contributed by atoms with Crippen molar-refractivity contribution in [1.82, 2.24) is 0 Å². The topological polar surface area (TPSA) is 0 Å². The zero-order valence-electron chi connectivity index (χ0n) is 5.69. The second-order valence-corrected chi connectivity index (χ2v) is 16.2. The minimum Gasteiger partial charge on any atom is -0.285 e. The van der Waals surface area contributed by atoms with E-state index in [2.05, 4.69) is 23.7 Å². The lowest BCUT2D eigenvalue weighted by Gasteiger charge is -2.07. The van der Waals surface area contributed by atoms with Crippen LogP contribution in [0.2, 0.25) is 19.6 Å². The van der Waals surface area contributed by atoms with Crippen molar-refractivity contribution in [2.45, 2.75) is 19.6 Å². The summed E-state index contributed by atoms with van der Waals surface area (Å²) in [6, 6.07) is 0. The van der Waals surface area contributed by atoms with Gasteiger partial charge in [0.2, 0.25) is 0 Å². The molecule has 0 spiro atoms. The fraction of sp³-hybridized carbons (Fsp3) is 0.600. The van der Waals surface area contributed by atoms with Gasteiger partial charge in [-0.2, -0.15) is 6.42 Å². The molecule has 0 fully saturated rings. The van der Waals surface area contributed by atoms with E-state index in [9.17, 15) is 0 Å². The molecule has 8 heavy (non-hydrogen) atoms. The molecule has 0 bridgehead atoms. The number of rotatable bonds is 1. The number of hydrogen-bond donors (Lipinski definition) is 0. The maximum absolute atomic E-state index is 5.16. The molecule has 0 aromatic heterocycles. The number of hydrogen-bond acceptors (Lipinski definition) is 0. The van der Waals surface area contributed by atoms with Crippen molar-refractivity contribution in [3.8, 4) is 10.5 Å². The molecular weight excluding hydrogens is 192 g/mol. The van der Waals surface area contributed by atoms with E-state index in [0.29, 0.717) is 0 Å². The SMILES string of the molecule is Br.C#[C][Mg][Si](C)(C)C. The second-order valence-electron chi connectivity index (χ2n) is 2.94. The molecule has 0 unspecified atom stereocenters. The van der Waals surface area contributed by atoms with Gasteiger partial charge in [0.1, 0.15) is 0 Å². The largest absolute Gasteiger partial charge is 0.471 e. The zero-order valence-corrected chi connectivity index (χ0v) is 9.82. The van der Waals surface area contributed by atoms with Crippen LogP contribution in [0, 0.1) is 10.5 Å². The average Bonchev–Trinajstić information content (AvgIpc) is 1.30. The molecule has 0 radical (unpaired) electrons. The average molecular weight is 203 g/mol. The van der Waals surface area contributed by atoms with Gasteiger partial charge in [-0.1, -0.05) is 19.6 Å². The first-order valence-corrected chi connectivity index (χ1v) is 9.03. The third-order valence-electron chi connectivity index (χ3n) is 0.632. The van der Waals surface area contributed by atoms with Crippen LogP contribution in [0.25, 0.3) is 0 Å². The fourth-order valence-electron chi connectivity index (χ4n) is 0.306. The maximum Gasteiger partial charge on any atom is 0.471 e. The summed E-state index contributed by atoms with van der Waals surface area (Å²) in [6.45, 7) is 7.00. The highest BCUT2D eigenvalue weighted by Gasteiger charge is 2.13. The first-order chi connectivity index (χ1) is 3.06. The van der Waals surface area contributed by atoms with Crippen LogP contribution < -0.4 is 0 Å². The maximum atomic E-state index is 5.16. The van der Waals surface area contributed by atoms with E-state index in [-0.39, 0.29) is 36.6 Å².